The van der Waals surface area contributed by atoms with Crippen molar-refractivity contribution < 1.29 is 0 Å². The topological polar surface area (TPSA) is 15.3 Å². The standard InChI is InChI=1S/C18H27ClN2/c1-18(2,3)16-11-14-5-4-10-21(17(14)20-16)12-13-6-8-15(19)9-7-13/h6-9,14,16-17,20H,4-5,10-12H2,1-3H3. The van der Waals surface area contributed by atoms with Gasteiger partial charge in [0.25, 0.3) is 0 Å². The lowest BCUT2D eigenvalue weighted by atomic mass is 9.83. The fourth-order valence-electron chi connectivity index (χ4n) is 3.82. The van der Waals surface area contributed by atoms with Crippen molar-refractivity contribution in [1.82, 2.24) is 10.2 Å². The van der Waals surface area contributed by atoms with Crippen molar-refractivity contribution in [3.8, 4) is 0 Å². The van der Waals surface area contributed by atoms with Gasteiger partial charge in [0.15, 0.2) is 0 Å². The van der Waals surface area contributed by atoms with Gasteiger partial charge in [-0.2, -0.15) is 0 Å². The normalized spacial score (nSPS) is 30.4. The highest BCUT2D eigenvalue weighted by atomic mass is 35.5. The summed E-state index contributed by atoms with van der Waals surface area (Å²) >= 11 is 5.99. The highest BCUT2D eigenvalue weighted by Gasteiger charge is 2.42. The molecule has 0 saturated carbocycles. The van der Waals surface area contributed by atoms with Crippen LogP contribution in [0.15, 0.2) is 24.3 Å². The van der Waals surface area contributed by atoms with E-state index in [1.807, 2.05) is 12.1 Å². The predicted octanol–water partition coefficient (Wildman–Crippen LogP) is 4.29. The quantitative estimate of drug-likeness (QED) is 0.877. The second-order valence-corrected chi connectivity index (χ2v) is 8.20. The van der Waals surface area contributed by atoms with Gasteiger partial charge in [-0.25, -0.2) is 0 Å². The molecule has 21 heavy (non-hydrogen) atoms. The molecule has 0 aromatic heterocycles. The third kappa shape index (κ3) is 3.44. The van der Waals surface area contributed by atoms with E-state index in [4.69, 9.17) is 11.6 Å². The van der Waals surface area contributed by atoms with Gasteiger partial charge in [0, 0.05) is 24.2 Å². The molecule has 3 rings (SSSR count). The molecular formula is C18H27ClN2. The van der Waals surface area contributed by atoms with Gasteiger partial charge < -0.3 is 0 Å². The van der Waals surface area contributed by atoms with Crippen molar-refractivity contribution in [2.24, 2.45) is 11.3 Å². The van der Waals surface area contributed by atoms with Crippen molar-refractivity contribution >= 4 is 11.6 Å². The van der Waals surface area contributed by atoms with E-state index < -0.39 is 0 Å². The van der Waals surface area contributed by atoms with Crippen LogP contribution in [-0.2, 0) is 6.54 Å². The molecule has 3 atom stereocenters. The number of hydrogen-bond donors (Lipinski definition) is 1. The van der Waals surface area contributed by atoms with Gasteiger partial charge in [0.1, 0.15) is 0 Å². The monoisotopic (exact) mass is 306 g/mol. The molecule has 0 bridgehead atoms. The van der Waals surface area contributed by atoms with Gasteiger partial charge in [-0.05, 0) is 48.3 Å². The lowest BCUT2D eigenvalue weighted by Crippen LogP contribution is -2.51. The van der Waals surface area contributed by atoms with Crippen LogP contribution in [0, 0.1) is 11.3 Å². The minimum atomic E-state index is 0.350. The Morgan fingerprint density at radius 2 is 1.95 bits per heavy atom. The van der Waals surface area contributed by atoms with Crippen LogP contribution in [0.4, 0.5) is 0 Å². The van der Waals surface area contributed by atoms with Crippen molar-refractivity contribution in [2.45, 2.75) is 58.8 Å². The van der Waals surface area contributed by atoms with Crippen LogP contribution in [0.25, 0.3) is 0 Å². The van der Waals surface area contributed by atoms with Gasteiger partial charge in [0.05, 0.1) is 6.17 Å². The summed E-state index contributed by atoms with van der Waals surface area (Å²) in [6.45, 7) is 9.29. The molecule has 0 amide bonds. The van der Waals surface area contributed by atoms with Gasteiger partial charge in [-0.1, -0.05) is 44.5 Å². The Kier molecular flexibility index (Phi) is 4.31. The first-order valence-electron chi connectivity index (χ1n) is 8.18. The van der Waals surface area contributed by atoms with E-state index in [-0.39, 0.29) is 0 Å². The van der Waals surface area contributed by atoms with Gasteiger partial charge in [0.2, 0.25) is 0 Å². The first-order valence-corrected chi connectivity index (χ1v) is 8.56. The second kappa shape index (κ2) is 5.91. The summed E-state index contributed by atoms with van der Waals surface area (Å²) in [5.41, 5.74) is 1.71. The smallest absolute Gasteiger partial charge is 0.0631 e. The Morgan fingerprint density at radius 1 is 1.24 bits per heavy atom. The van der Waals surface area contributed by atoms with E-state index in [1.165, 1.54) is 31.4 Å². The summed E-state index contributed by atoms with van der Waals surface area (Å²) in [5.74, 6) is 0.815. The summed E-state index contributed by atoms with van der Waals surface area (Å²) in [5, 5.41) is 4.74. The van der Waals surface area contributed by atoms with E-state index >= 15 is 0 Å². The van der Waals surface area contributed by atoms with Gasteiger partial charge >= 0.3 is 0 Å². The SMILES string of the molecule is CC(C)(C)C1CC2CCCN(Cc3ccc(Cl)cc3)C2N1. The van der Waals surface area contributed by atoms with E-state index in [9.17, 15) is 0 Å². The van der Waals surface area contributed by atoms with E-state index in [2.05, 4.69) is 43.1 Å². The minimum absolute atomic E-state index is 0.350. The molecule has 2 fully saturated rings. The van der Waals surface area contributed by atoms with Crippen LogP contribution in [0.3, 0.4) is 0 Å². The zero-order valence-corrected chi connectivity index (χ0v) is 14.2. The van der Waals surface area contributed by atoms with Crippen LogP contribution in [0.5, 0.6) is 0 Å². The number of rotatable bonds is 2. The molecular weight excluding hydrogens is 280 g/mol. The third-order valence-electron chi connectivity index (χ3n) is 5.11. The fourth-order valence-corrected chi connectivity index (χ4v) is 3.95. The molecule has 2 nitrogen and oxygen atoms in total. The first-order chi connectivity index (χ1) is 9.93. The largest absolute Gasteiger partial charge is 0.298 e. The number of likely N-dealkylation sites (tertiary alicyclic amines) is 1. The number of nitrogens with zero attached hydrogens (tertiary/aromatic N) is 1. The summed E-state index contributed by atoms with van der Waals surface area (Å²) in [6.07, 6.45) is 4.58. The van der Waals surface area contributed by atoms with E-state index in [1.54, 1.807) is 0 Å². The summed E-state index contributed by atoms with van der Waals surface area (Å²) in [7, 11) is 0. The van der Waals surface area contributed by atoms with Crippen LogP contribution in [0.1, 0.15) is 45.6 Å². The zero-order chi connectivity index (χ0) is 15.0. The molecule has 1 aromatic carbocycles. The average Bonchev–Trinajstić information content (AvgIpc) is 2.86. The maximum Gasteiger partial charge on any atom is 0.0631 e. The van der Waals surface area contributed by atoms with E-state index in [0.29, 0.717) is 17.6 Å². The van der Waals surface area contributed by atoms with Crippen molar-refractivity contribution in [1.29, 1.82) is 0 Å². The minimum Gasteiger partial charge on any atom is -0.298 e. The number of nitrogens with one attached hydrogen (secondary N) is 1. The third-order valence-corrected chi connectivity index (χ3v) is 5.37. The fraction of sp³-hybridized carbons (Fsp3) is 0.667. The molecule has 1 N–H and O–H groups in total. The van der Waals surface area contributed by atoms with Crippen molar-refractivity contribution in [2.75, 3.05) is 6.54 Å². The molecule has 1 aromatic rings. The maximum atomic E-state index is 5.99. The van der Waals surface area contributed by atoms with Crippen molar-refractivity contribution in [3.05, 3.63) is 34.9 Å². The average molecular weight is 307 g/mol. The molecule has 2 aliphatic rings. The van der Waals surface area contributed by atoms with Crippen molar-refractivity contribution in [3.63, 3.8) is 0 Å². The number of piperidine rings is 1. The summed E-state index contributed by atoms with van der Waals surface area (Å²) < 4.78 is 0. The molecule has 3 heteroatoms. The Bertz CT molecular complexity index is 477. The molecule has 2 saturated heterocycles. The number of fused-ring (bicyclic) bond motifs is 1. The number of benzene rings is 1. The molecule has 0 spiro atoms. The molecule has 116 valence electrons. The predicted molar refractivity (Wildman–Crippen MR) is 89.4 cm³/mol. The Balaban J connectivity index is 1.70. The molecule has 2 aliphatic heterocycles. The van der Waals surface area contributed by atoms with Crippen LogP contribution < -0.4 is 5.32 Å². The lowest BCUT2D eigenvalue weighted by molar-refractivity contribution is 0.0885. The Labute approximate surface area is 133 Å². The highest BCUT2D eigenvalue weighted by molar-refractivity contribution is 6.30. The van der Waals surface area contributed by atoms with E-state index in [0.717, 1.165) is 17.5 Å². The second-order valence-electron chi connectivity index (χ2n) is 7.77. The Morgan fingerprint density at radius 3 is 2.62 bits per heavy atom. The molecule has 3 unspecified atom stereocenters. The molecule has 0 aliphatic carbocycles. The lowest BCUT2D eigenvalue weighted by Gasteiger charge is -2.38. The number of halogens is 1. The Hall–Kier alpha value is -0.570. The van der Waals surface area contributed by atoms with Gasteiger partial charge in [-0.3, -0.25) is 10.2 Å². The van der Waals surface area contributed by atoms with Gasteiger partial charge in [-0.15, -0.1) is 0 Å². The molecule has 2 heterocycles. The number of hydrogen-bond acceptors (Lipinski definition) is 2. The summed E-state index contributed by atoms with van der Waals surface area (Å²) in [4.78, 5) is 2.63. The molecule has 0 radical (unpaired) electrons. The maximum absolute atomic E-state index is 5.99. The first kappa shape index (κ1) is 15.3. The summed E-state index contributed by atoms with van der Waals surface area (Å²) in [6, 6.07) is 8.94. The van der Waals surface area contributed by atoms with Crippen LogP contribution in [-0.4, -0.2) is 23.7 Å². The zero-order valence-electron chi connectivity index (χ0n) is 13.4. The van der Waals surface area contributed by atoms with Crippen LogP contribution in [0.2, 0.25) is 5.02 Å². The van der Waals surface area contributed by atoms with Crippen LogP contribution >= 0.6 is 11.6 Å². The highest BCUT2D eigenvalue weighted by Crippen LogP contribution is 2.38.